The lowest BCUT2D eigenvalue weighted by Gasteiger charge is -2.21. The van der Waals surface area contributed by atoms with Crippen LogP contribution in [0.5, 0.6) is 0 Å². The number of para-hydroxylation sites is 2. The second kappa shape index (κ2) is 7.01. The summed E-state index contributed by atoms with van der Waals surface area (Å²) in [6, 6.07) is 14.2. The van der Waals surface area contributed by atoms with Gasteiger partial charge < -0.3 is 15.2 Å². The quantitative estimate of drug-likeness (QED) is 0.667. The number of H-pyrrole nitrogens is 1. The van der Waals surface area contributed by atoms with Gasteiger partial charge in [-0.3, -0.25) is 4.79 Å². The average Bonchev–Trinajstić information content (AvgIpc) is 3.36. The summed E-state index contributed by atoms with van der Waals surface area (Å²) in [5, 5.41) is 4.37. The van der Waals surface area contributed by atoms with Crippen LogP contribution in [-0.4, -0.2) is 24.0 Å². The van der Waals surface area contributed by atoms with Crippen LogP contribution in [0.15, 0.2) is 42.5 Å². The van der Waals surface area contributed by atoms with Gasteiger partial charge in [-0.1, -0.05) is 19.1 Å². The van der Waals surface area contributed by atoms with Gasteiger partial charge in [-0.15, -0.1) is 0 Å². The van der Waals surface area contributed by atoms with E-state index >= 15 is 0 Å². The topological polar surface area (TPSA) is 48.1 Å². The van der Waals surface area contributed by atoms with Crippen LogP contribution < -0.4 is 10.2 Å². The highest BCUT2D eigenvalue weighted by Gasteiger charge is 2.21. The number of carbonyl (C=O) groups excluding carboxylic acids is 1. The third kappa shape index (κ3) is 3.07. The molecule has 1 amide bonds. The number of aromatic amines is 1. The van der Waals surface area contributed by atoms with Crippen LogP contribution in [0.2, 0.25) is 0 Å². The van der Waals surface area contributed by atoms with Crippen LogP contribution in [0.3, 0.4) is 0 Å². The van der Waals surface area contributed by atoms with Crippen LogP contribution in [0.4, 0.5) is 11.4 Å². The third-order valence-corrected chi connectivity index (χ3v) is 6.30. The van der Waals surface area contributed by atoms with E-state index in [-0.39, 0.29) is 5.91 Å². The molecule has 0 spiro atoms. The zero-order valence-corrected chi connectivity index (χ0v) is 16.4. The molecule has 3 aromatic rings. The number of hydrogen-bond acceptors (Lipinski definition) is 2. The normalized spacial score (nSPS) is 19.0. The number of benzene rings is 2. The van der Waals surface area contributed by atoms with Crippen molar-refractivity contribution < 1.29 is 4.79 Å². The fourth-order valence-corrected chi connectivity index (χ4v) is 4.74. The highest BCUT2D eigenvalue weighted by atomic mass is 16.1. The molecule has 2 aromatic carbocycles. The first-order chi connectivity index (χ1) is 13.7. The van der Waals surface area contributed by atoms with Gasteiger partial charge in [-0.05, 0) is 73.9 Å². The fourth-order valence-electron chi connectivity index (χ4n) is 4.74. The van der Waals surface area contributed by atoms with Crippen LogP contribution in [0, 0.1) is 5.92 Å². The number of nitrogens with one attached hydrogen (secondary N) is 2. The second-order valence-corrected chi connectivity index (χ2v) is 8.36. The van der Waals surface area contributed by atoms with Crippen molar-refractivity contribution in [3.8, 4) is 0 Å². The summed E-state index contributed by atoms with van der Waals surface area (Å²) in [6.07, 6.45) is 5.88. The molecule has 1 atom stereocenters. The number of aromatic nitrogens is 1. The molecule has 1 aliphatic heterocycles. The molecule has 5 rings (SSSR count). The maximum atomic E-state index is 13.0. The molecule has 0 bridgehead atoms. The Bertz CT molecular complexity index is 1030. The SMILES string of the molecule is C[C@H]1CCc2[nH]c3ccc(C(=O)Nc4ccccc4N4CCCC4)cc3c2C1. The Morgan fingerprint density at radius 2 is 1.96 bits per heavy atom. The van der Waals surface area contributed by atoms with Crippen LogP contribution >= 0.6 is 0 Å². The summed E-state index contributed by atoms with van der Waals surface area (Å²) < 4.78 is 0. The molecule has 0 saturated carbocycles. The minimum atomic E-state index is -0.0349. The van der Waals surface area contributed by atoms with Gasteiger partial charge in [-0.2, -0.15) is 0 Å². The summed E-state index contributed by atoms with van der Waals surface area (Å²) in [4.78, 5) is 19.0. The molecule has 4 heteroatoms. The third-order valence-electron chi connectivity index (χ3n) is 6.30. The smallest absolute Gasteiger partial charge is 0.255 e. The number of hydrogen-bond donors (Lipinski definition) is 2. The molecule has 1 saturated heterocycles. The van der Waals surface area contributed by atoms with E-state index in [1.165, 1.54) is 35.9 Å². The minimum Gasteiger partial charge on any atom is -0.370 e. The molecule has 1 aromatic heterocycles. The van der Waals surface area contributed by atoms with Crippen molar-refractivity contribution in [2.24, 2.45) is 5.92 Å². The number of rotatable bonds is 3. The highest BCUT2D eigenvalue weighted by molar-refractivity contribution is 6.08. The molecule has 0 radical (unpaired) electrons. The molecular weight excluding hydrogens is 346 g/mol. The van der Waals surface area contributed by atoms with E-state index in [0.717, 1.165) is 48.4 Å². The molecule has 2 heterocycles. The van der Waals surface area contributed by atoms with Gasteiger partial charge in [0.15, 0.2) is 0 Å². The van der Waals surface area contributed by atoms with Gasteiger partial charge in [0, 0.05) is 35.2 Å². The standard InChI is InChI=1S/C24H27N3O/c1-16-8-10-20-18(14-16)19-15-17(9-11-21(19)25-20)24(28)26-22-6-2-3-7-23(22)27-12-4-5-13-27/h2-3,6-7,9,11,15-16,25H,4-5,8,10,12-14H2,1H3,(H,26,28)/t16-/m0/s1. The van der Waals surface area contributed by atoms with Crippen molar-refractivity contribution in [3.63, 3.8) is 0 Å². The number of fused-ring (bicyclic) bond motifs is 3. The summed E-state index contributed by atoms with van der Waals surface area (Å²) in [6.45, 7) is 4.44. The lowest BCUT2D eigenvalue weighted by Crippen LogP contribution is -2.21. The predicted molar refractivity (Wildman–Crippen MR) is 115 cm³/mol. The van der Waals surface area contributed by atoms with Gasteiger partial charge in [0.05, 0.1) is 11.4 Å². The summed E-state index contributed by atoms with van der Waals surface area (Å²) in [5.41, 5.74) is 6.66. The Morgan fingerprint density at radius 3 is 2.82 bits per heavy atom. The number of anilines is 2. The Hall–Kier alpha value is -2.75. The molecule has 0 unspecified atom stereocenters. The Balaban J connectivity index is 1.45. The van der Waals surface area contributed by atoms with Gasteiger partial charge in [0.2, 0.25) is 0 Å². The first-order valence-corrected chi connectivity index (χ1v) is 10.5. The predicted octanol–water partition coefficient (Wildman–Crippen LogP) is 5.15. The van der Waals surface area contributed by atoms with Crippen molar-refractivity contribution in [1.29, 1.82) is 0 Å². The van der Waals surface area contributed by atoms with Crippen molar-refractivity contribution in [2.45, 2.75) is 39.0 Å². The number of carbonyl (C=O) groups is 1. The van der Waals surface area contributed by atoms with Crippen molar-refractivity contribution >= 4 is 28.2 Å². The van der Waals surface area contributed by atoms with E-state index in [0.29, 0.717) is 5.92 Å². The zero-order valence-electron chi connectivity index (χ0n) is 16.4. The highest BCUT2D eigenvalue weighted by Crippen LogP contribution is 2.33. The maximum absolute atomic E-state index is 13.0. The second-order valence-electron chi connectivity index (χ2n) is 8.36. The first kappa shape index (κ1) is 17.4. The van der Waals surface area contributed by atoms with Gasteiger partial charge in [-0.25, -0.2) is 0 Å². The van der Waals surface area contributed by atoms with Crippen molar-refractivity contribution in [1.82, 2.24) is 4.98 Å². The van der Waals surface area contributed by atoms with E-state index in [2.05, 4.69) is 40.3 Å². The Morgan fingerprint density at radius 1 is 1.14 bits per heavy atom. The average molecular weight is 374 g/mol. The number of aryl methyl sites for hydroxylation is 1. The Kier molecular flexibility index (Phi) is 4.34. The lowest BCUT2D eigenvalue weighted by molar-refractivity contribution is 0.102. The van der Waals surface area contributed by atoms with E-state index in [1.807, 2.05) is 24.3 Å². The molecule has 2 aliphatic rings. The largest absolute Gasteiger partial charge is 0.370 e. The number of nitrogens with zero attached hydrogens (tertiary/aromatic N) is 1. The lowest BCUT2D eigenvalue weighted by atomic mass is 9.87. The molecule has 1 aliphatic carbocycles. The van der Waals surface area contributed by atoms with Gasteiger partial charge in [0.25, 0.3) is 5.91 Å². The number of amides is 1. The summed E-state index contributed by atoms with van der Waals surface area (Å²) in [7, 11) is 0. The van der Waals surface area contributed by atoms with Crippen molar-refractivity contribution in [2.75, 3.05) is 23.3 Å². The van der Waals surface area contributed by atoms with Crippen molar-refractivity contribution in [3.05, 3.63) is 59.3 Å². The van der Waals surface area contributed by atoms with Crippen LogP contribution in [0.25, 0.3) is 10.9 Å². The minimum absolute atomic E-state index is 0.0349. The van der Waals surface area contributed by atoms with Gasteiger partial charge in [0.1, 0.15) is 0 Å². The summed E-state index contributed by atoms with van der Waals surface area (Å²) in [5.74, 6) is 0.670. The molecule has 4 nitrogen and oxygen atoms in total. The van der Waals surface area contributed by atoms with E-state index < -0.39 is 0 Å². The van der Waals surface area contributed by atoms with Crippen LogP contribution in [-0.2, 0) is 12.8 Å². The van der Waals surface area contributed by atoms with E-state index in [4.69, 9.17) is 0 Å². The van der Waals surface area contributed by atoms with E-state index in [1.54, 1.807) is 0 Å². The molecule has 28 heavy (non-hydrogen) atoms. The monoisotopic (exact) mass is 373 g/mol. The maximum Gasteiger partial charge on any atom is 0.255 e. The first-order valence-electron chi connectivity index (χ1n) is 10.5. The molecule has 1 fully saturated rings. The summed E-state index contributed by atoms with van der Waals surface area (Å²) >= 11 is 0. The molecule has 2 N–H and O–H groups in total. The molecule has 144 valence electrons. The fraction of sp³-hybridized carbons (Fsp3) is 0.375. The zero-order chi connectivity index (χ0) is 19.1. The van der Waals surface area contributed by atoms with Crippen LogP contribution in [0.1, 0.15) is 47.8 Å². The van der Waals surface area contributed by atoms with Gasteiger partial charge >= 0.3 is 0 Å². The van der Waals surface area contributed by atoms with E-state index in [9.17, 15) is 4.79 Å². The Labute approximate surface area is 165 Å². The molecular formula is C24H27N3O.